The Morgan fingerprint density at radius 2 is 1.72 bits per heavy atom. The minimum Gasteiger partial charge on any atom is -0.289 e. The molecule has 0 amide bonds. The number of ketones is 1. The van der Waals surface area contributed by atoms with Crippen LogP contribution in [-0.4, -0.2) is 20.5 Å². The Bertz CT molecular complexity index is 1260. The molecule has 0 N–H and O–H groups in total. The number of carbonyl (C=O) groups is 1. The largest absolute Gasteiger partial charge is 0.416 e. The highest BCUT2D eigenvalue weighted by molar-refractivity contribution is 6.30. The monoisotopic (exact) mass is 453 g/mol. The van der Waals surface area contributed by atoms with Gasteiger partial charge >= 0.3 is 6.18 Å². The molecule has 0 bridgehead atoms. The van der Waals surface area contributed by atoms with Crippen molar-refractivity contribution in [3.05, 3.63) is 107 Å². The summed E-state index contributed by atoms with van der Waals surface area (Å²) in [4.78, 5) is 16.6. The summed E-state index contributed by atoms with van der Waals surface area (Å²) in [6.07, 6.45) is 3.49. The Morgan fingerprint density at radius 1 is 1.00 bits per heavy atom. The van der Waals surface area contributed by atoms with Crippen molar-refractivity contribution in [1.29, 1.82) is 0 Å². The van der Waals surface area contributed by atoms with Crippen LogP contribution in [0, 0.1) is 0 Å². The molecule has 160 valence electrons. The van der Waals surface area contributed by atoms with Gasteiger partial charge in [0.2, 0.25) is 0 Å². The van der Waals surface area contributed by atoms with Crippen LogP contribution in [0.25, 0.3) is 23.0 Å². The van der Waals surface area contributed by atoms with Crippen LogP contribution in [0.4, 0.5) is 13.2 Å². The van der Waals surface area contributed by atoms with Gasteiger partial charge in [-0.1, -0.05) is 23.7 Å². The minimum atomic E-state index is -4.45. The Labute approximate surface area is 186 Å². The second-order valence-electron chi connectivity index (χ2n) is 6.87. The van der Waals surface area contributed by atoms with Crippen LogP contribution < -0.4 is 0 Å². The molecular formula is C24H15ClF3N3O. The molecule has 2 aromatic heterocycles. The molecule has 8 heteroatoms. The number of rotatable bonds is 5. The SMILES string of the molecule is O=C(C=Cc1cn(-c2ccc(Cl)cc2)nc1-c1cccnc1)c1ccc(C(F)(F)F)cc1. The Hall–Kier alpha value is -3.71. The second-order valence-corrected chi connectivity index (χ2v) is 7.30. The summed E-state index contributed by atoms with van der Waals surface area (Å²) in [6, 6.07) is 14.8. The van der Waals surface area contributed by atoms with Gasteiger partial charge in [0.05, 0.1) is 11.3 Å². The molecule has 4 nitrogen and oxygen atoms in total. The van der Waals surface area contributed by atoms with Gasteiger partial charge in [0.15, 0.2) is 5.78 Å². The molecular weight excluding hydrogens is 439 g/mol. The highest BCUT2D eigenvalue weighted by Gasteiger charge is 2.30. The molecule has 4 rings (SSSR count). The molecule has 0 atom stereocenters. The Morgan fingerprint density at radius 3 is 2.34 bits per heavy atom. The number of allylic oxidation sites excluding steroid dienone is 1. The van der Waals surface area contributed by atoms with Gasteiger partial charge in [-0.25, -0.2) is 4.68 Å². The average molecular weight is 454 g/mol. The molecule has 0 spiro atoms. The molecule has 2 aromatic carbocycles. The molecule has 4 aromatic rings. The quantitative estimate of drug-likeness (QED) is 0.256. The first-order valence-electron chi connectivity index (χ1n) is 9.47. The van der Waals surface area contributed by atoms with Gasteiger partial charge < -0.3 is 0 Å². The highest BCUT2D eigenvalue weighted by atomic mass is 35.5. The van der Waals surface area contributed by atoms with Crippen molar-refractivity contribution < 1.29 is 18.0 Å². The van der Waals surface area contributed by atoms with Crippen molar-refractivity contribution in [3.8, 4) is 16.9 Å². The summed E-state index contributed by atoms with van der Waals surface area (Å²) >= 11 is 5.96. The van der Waals surface area contributed by atoms with Gasteiger partial charge in [0.1, 0.15) is 5.69 Å². The van der Waals surface area contributed by atoms with Crippen LogP contribution in [0.3, 0.4) is 0 Å². The van der Waals surface area contributed by atoms with Crippen molar-refractivity contribution in [3.63, 3.8) is 0 Å². The molecule has 0 fully saturated rings. The first-order valence-corrected chi connectivity index (χ1v) is 9.85. The van der Waals surface area contributed by atoms with E-state index in [0.29, 0.717) is 16.3 Å². The fourth-order valence-electron chi connectivity index (χ4n) is 3.05. The Kier molecular flexibility index (Phi) is 5.92. The number of aromatic nitrogens is 3. The first-order chi connectivity index (χ1) is 15.3. The topological polar surface area (TPSA) is 47.8 Å². The molecule has 0 saturated carbocycles. The standard InChI is InChI=1S/C24H15ClF3N3O/c25-20-8-10-21(11-9-20)31-15-18(23(30-31)17-2-1-13-29-14-17)5-12-22(32)16-3-6-19(7-4-16)24(26,27)28/h1-15H. The molecule has 2 heterocycles. The number of carbonyl (C=O) groups excluding carboxylic acids is 1. The maximum absolute atomic E-state index is 12.7. The summed E-state index contributed by atoms with van der Waals surface area (Å²) in [5, 5.41) is 5.21. The van der Waals surface area contributed by atoms with E-state index in [0.717, 1.165) is 35.5 Å². The van der Waals surface area contributed by atoms with Crippen LogP contribution in [0.15, 0.2) is 85.3 Å². The van der Waals surface area contributed by atoms with Gasteiger partial charge in [-0.05, 0) is 60.7 Å². The van der Waals surface area contributed by atoms with Crippen molar-refractivity contribution in [1.82, 2.24) is 14.8 Å². The number of hydrogen-bond donors (Lipinski definition) is 0. The van der Waals surface area contributed by atoms with E-state index in [9.17, 15) is 18.0 Å². The lowest BCUT2D eigenvalue weighted by molar-refractivity contribution is -0.137. The van der Waals surface area contributed by atoms with Gasteiger partial charge in [0.25, 0.3) is 0 Å². The van der Waals surface area contributed by atoms with Crippen molar-refractivity contribution in [2.45, 2.75) is 6.18 Å². The van der Waals surface area contributed by atoms with Gasteiger partial charge in [0, 0.05) is 40.3 Å². The number of pyridine rings is 1. The maximum atomic E-state index is 12.7. The summed E-state index contributed by atoms with van der Waals surface area (Å²) in [6.45, 7) is 0. The third-order valence-electron chi connectivity index (χ3n) is 4.68. The molecule has 0 radical (unpaired) electrons. The normalized spacial score (nSPS) is 11.8. The summed E-state index contributed by atoms with van der Waals surface area (Å²) in [5.41, 5.74) is 2.12. The van der Waals surface area contributed by atoms with Gasteiger partial charge in [-0.3, -0.25) is 9.78 Å². The molecule has 0 aliphatic heterocycles. The molecule has 32 heavy (non-hydrogen) atoms. The third kappa shape index (κ3) is 4.78. The number of hydrogen-bond acceptors (Lipinski definition) is 3. The minimum absolute atomic E-state index is 0.155. The van der Waals surface area contributed by atoms with Crippen LogP contribution in [0.2, 0.25) is 5.02 Å². The Balaban J connectivity index is 1.66. The zero-order valence-corrected chi connectivity index (χ0v) is 17.2. The van der Waals surface area contributed by atoms with E-state index in [4.69, 9.17) is 11.6 Å². The molecule has 0 aliphatic carbocycles. The summed E-state index contributed by atoms with van der Waals surface area (Å²) in [5.74, 6) is -0.421. The molecule has 0 saturated heterocycles. The first kappa shape index (κ1) is 21.5. The highest BCUT2D eigenvalue weighted by Crippen LogP contribution is 2.29. The van der Waals surface area contributed by atoms with Crippen molar-refractivity contribution in [2.75, 3.05) is 0 Å². The van der Waals surface area contributed by atoms with Crippen molar-refractivity contribution in [2.24, 2.45) is 0 Å². The second kappa shape index (κ2) is 8.80. The van der Waals surface area contributed by atoms with Crippen LogP contribution >= 0.6 is 11.6 Å². The number of halogens is 4. The van der Waals surface area contributed by atoms with E-state index < -0.39 is 17.5 Å². The zero-order valence-electron chi connectivity index (χ0n) is 16.4. The fraction of sp³-hybridized carbons (Fsp3) is 0.0417. The lowest BCUT2D eigenvalue weighted by Crippen LogP contribution is -2.05. The van der Waals surface area contributed by atoms with E-state index in [1.54, 1.807) is 47.5 Å². The van der Waals surface area contributed by atoms with E-state index in [2.05, 4.69) is 10.1 Å². The van der Waals surface area contributed by atoms with E-state index in [1.165, 1.54) is 6.08 Å². The zero-order chi connectivity index (χ0) is 22.7. The van der Waals surface area contributed by atoms with Crippen LogP contribution in [-0.2, 0) is 6.18 Å². The van der Waals surface area contributed by atoms with Crippen LogP contribution in [0.1, 0.15) is 21.5 Å². The summed E-state index contributed by atoms with van der Waals surface area (Å²) in [7, 11) is 0. The number of nitrogens with zero attached hydrogens (tertiary/aromatic N) is 3. The van der Waals surface area contributed by atoms with Crippen LogP contribution in [0.5, 0.6) is 0 Å². The van der Waals surface area contributed by atoms with Crippen molar-refractivity contribution >= 4 is 23.5 Å². The number of alkyl halides is 3. The van der Waals surface area contributed by atoms with Gasteiger partial charge in [-0.15, -0.1) is 0 Å². The maximum Gasteiger partial charge on any atom is 0.416 e. The third-order valence-corrected chi connectivity index (χ3v) is 4.93. The molecule has 0 aliphatic rings. The van der Waals surface area contributed by atoms with E-state index in [1.807, 2.05) is 18.2 Å². The summed E-state index contributed by atoms with van der Waals surface area (Å²) < 4.78 is 39.9. The smallest absolute Gasteiger partial charge is 0.289 e. The van der Waals surface area contributed by atoms with E-state index in [-0.39, 0.29) is 5.56 Å². The predicted molar refractivity (Wildman–Crippen MR) is 117 cm³/mol. The fourth-order valence-corrected chi connectivity index (χ4v) is 3.17. The average Bonchev–Trinajstić information content (AvgIpc) is 3.22. The number of benzene rings is 2. The van der Waals surface area contributed by atoms with E-state index >= 15 is 0 Å². The lowest BCUT2D eigenvalue weighted by atomic mass is 10.1. The predicted octanol–water partition coefficient (Wildman–Crippen LogP) is 6.50. The van der Waals surface area contributed by atoms with Gasteiger partial charge in [-0.2, -0.15) is 18.3 Å². The lowest BCUT2D eigenvalue weighted by Gasteiger charge is -2.06. The molecule has 0 unspecified atom stereocenters.